The van der Waals surface area contributed by atoms with Gasteiger partial charge in [-0.05, 0) is 43.4 Å². The van der Waals surface area contributed by atoms with E-state index in [-0.39, 0.29) is 12.1 Å². The van der Waals surface area contributed by atoms with Gasteiger partial charge in [-0.3, -0.25) is 9.69 Å². The van der Waals surface area contributed by atoms with Gasteiger partial charge in [-0.1, -0.05) is 48.0 Å². The fourth-order valence-electron chi connectivity index (χ4n) is 3.86. The molecule has 1 amide bonds. The smallest absolute Gasteiger partial charge is 0.272 e. The average molecular weight is 395 g/mol. The second kappa shape index (κ2) is 8.39. The van der Waals surface area contributed by atoms with Gasteiger partial charge in [0.05, 0.1) is 10.9 Å². The number of fused-ring (bicyclic) bond motifs is 1. The molecule has 2 aromatic carbocycles. The van der Waals surface area contributed by atoms with Gasteiger partial charge in [0.2, 0.25) is 0 Å². The van der Waals surface area contributed by atoms with E-state index in [1.165, 1.54) is 22.7 Å². The summed E-state index contributed by atoms with van der Waals surface area (Å²) in [6.07, 6.45) is 0.963. The van der Waals surface area contributed by atoms with Crippen molar-refractivity contribution in [2.75, 3.05) is 19.6 Å². The van der Waals surface area contributed by atoms with Crippen molar-refractivity contribution in [3.05, 3.63) is 65.4 Å². The summed E-state index contributed by atoms with van der Waals surface area (Å²) in [4.78, 5) is 15.1. The Morgan fingerprint density at radius 1 is 1.32 bits per heavy atom. The number of piperazine rings is 1. The zero-order valence-corrected chi connectivity index (χ0v) is 17.1. The molecule has 0 bridgehead atoms. The van der Waals surface area contributed by atoms with Gasteiger partial charge in [-0.25, -0.2) is 0 Å². The summed E-state index contributed by atoms with van der Waals surface area (Å²) in [6.45, 7) is 6.94. The lowest BCUT2D eigenvalue weighted by atomic mass is 10.0. The van der Waals surface area contributed by atoms with E-state index < -0.39 is 0 Å². The van der Waals surface area contributed by atoms with E-state index >= 15 is 0 Å². The highest BCUT2D eigenvalue weighted by Crippen LogP contribution is 2.22. The molecule has 3 aromatic rings. The molecular weight excluding hydrogens is 368 g/mol. The quantitative estimate of drug-likeness (QED) is 0.698. The van der Waals surface area contributed by atoms with Crippen LogP contribution in [0.15, 0.2) is 48.5 Å². The number of hydrogen-bond acceptors (Lipinski definition) is 5. The second-order valence-electron chi connectivity index (χ2n) is 7.52. The van der Waals surface area contributed by atoms with Gasteiger partial charge in [-0.2, -0.15) is 4.37 Å². The minimum absolute atomic E-state index is 0.0323. The molecule has 2 unspecified atom stereocenters. The van der Waals surface area contributed by atoms with Gasteiger partial charge in [0.25, 0.3) is 5.91 Å². The third-order valence-electron chi connectivity index (χ3n) is 5.33. The van der Waals surface area contributed by atoms with Crippen LogP contribution in [0, 0.1) is 6.92 Å². The van der Waals surface area contributed by atoms with Crippen LogP contribution in [0.5, 0.6) is 0 Å². The monoisotopic (exact) mass is 394 g/mol. The number of benzene rings is 2. The van der Waals surface area contributed by atoms with Crippen molar-refractivity contribution >= 4 is 27.5 Å². The number of rotatable bonds is 5. The lowest BCUT2D eigenvalue weighted by Gasteiger charge is -2.37. The number of nitrogens with one attached hydrogen (secondary N) is 2. The molecule has 0 radical (unpaired) electrons. The van der Waals surface area contributed by atoms with E-state index in [1.54, 1.807) is 0 Å². The molecule has 6 heteroatoms. The molecule has 1 aromatic heterocycles. The maximum atomic E-state index is 12.8. The second-order valence-corrected chi connectivity index (χ2v) is 8.32. The summed E-state index contributed by atoms with van der Waals surface area (Å²) in [5, 5.41) is 7.68. The maximum Gasteiger partial charge on any atom is 0.272 e. The molecule has 146 valence electrons. The van der Waals surface area contributed by atoms with Crippen molar-refractivity contribution in [3.63, 3.8) is 0 Å². The molecule has 2 atom stereocenters. The molecule has 2 N–H and O–H groups in total. The van der Waals surface area contributed by atoms with Crippen LogP contribution in [0.4, 0.5) is 0 Å². The Bertz CT molecular complexity index is 970. The Labute approximate surface area is 169 Å². The van der Waals surface area contributed by atoms with Crippen molar-refractivity contribution in [3.8, 4) is 0 Å². The maximum absolute atomic E-state index is 12.8. The zero-order valence-electron chi connectivity index (χ0n) is 16.3. The highest BCUT2D eigenvalue weighted by Gasteiger charge is 2.25. The van der Waals surface area contributed by atoms with E-state index in [4.69, 9.17) is 0 Å². The fourth-order valence-corrected chi connectivity index (χ4v) is 4.64. The lowest BCUT2D eigenvalue weighted by Crippen LogP contribution is -2.58. The van der Waals surface area contributed by atoms with Crippen molar-refractivity contribution in [2.45, 2.75) is 32.5 Å². The predicted octanol–water partition coefficient (Wildman–Crippen LogP) is 3.20. The van der Waals surface area contributed by atoms with E-state index in [1.807, 2.05) is 24.3 Å². The molecule has 5 nitrogen and oxygen atoms in total. The number of amides is 1. The van der Waals surface area contributed by atoms with E-state index in [9.17, 15) is 4.79 Å². The largest absolute Gasteiger partial charge is 0.335 e. The Hall–Kier alpha value is -2.28. The van der Waals surface area contributed by atoms with Crippen LogP contribution in [0.3, 0.4) is 0 Å². The SMILES string of the molecule is Cc1cccc(CC2CN(C(C)NC(=O)c3nsc4ccccc34)CCN2)c1. The van der Waals surface area contributed by atoms with Gasteiger partial charge in [0.15, 0.2) is 0 Å². The Kier molecular flexibility index (Phi) is 5.71. The molecule has 1 fully saturated rings. The van der Waals surface area contributed by atoms with E-state index in [0.717, 1.165) is 36.1 Å². The van der Waals surface area contributed by atoms with Crippen molar-refractivity contribution in [1.29, 1.82) is 0 Å². The lowest BCUT2D eigenvalue weighted by molar-refractivity contribution is 0.0815. The molecule has 0 spiro atoms. The molecule has 2 heterocycles. The molecule has 1 aliphatic heterocycles. The van der Waals surface area contributed by atoms with Crippen LogP contribution in [0.2, 0.25) is 0 Å². The molecular formula is C22H26N4OS. The minimum atomic E-state index is -0.0984. The number of hydrogen-bond donors (Lipinski definition) is 2. The van der Waals surface area contributed by atoms with Crippen LogP contribution in [0.1, 0.15) is 28.5 Å². The normalized spacial score (nSPS) is 18.9. The fraction of sp³-hybridized carbons (Fsp3) is 0.364. The van der Waals surface area contributed by atoms with Gasteiger partial charge in [0, 0.05) is 31.1 Å². The van der Waals surface area contributed by atoms with Crippen molar-refractivity contribution in [2.24, 2.45) is 0 Å². The van der Waals surface area contributed by atoms with Gasteiger partial charge in [0.1, 0.15) is 5.69 Å². The predicted molar refractivity (Wildman–Crippen MR) is 115 cm³/mol. The van der Waals surface area contributed by atoms with Crippen LogP contribution in [-0.2, 0) is 6.42 Å². The number of carbonyl (C=O) groups is 1. The summed E-state index contributed by atoms with van der Waals surface area (Å²) in [5.74, 6) is -0.0984. The number of aromatic nitrogens is 1. The topological polar surface area (TPSA) is 57.3 Å². The number of carbonyl (C=O) groups excluding carboxylic acids is 1. The standard InChI is InChI=1S/C22H26N4OS/c1-15-6-5-7-17(12-15)13-18-14-26(11-10-23-18)16(2)24-22(27)21-19-8-3-4-9-20(19)28-25-21/h3-9,12,16,18,23H,10-11,13-14H2,1-2H3,(H,24,27). The minimum Gasteiger partial charge on any atom is -0.335 e. The summed E-state index contributed by atoms with van der Waals surface area (Å²) in [5.41, 5.74) is 3.17. The number of nitrogens with zero attached hydrogens (tertiary/aromatic N) is 2. The number of aryl methyl sites for hydroxylation is 1. The first kappa shape index (κ1) is 19.1. The summed E-state index contributed by atoms with van der Waals surface area (Å²) < 4.78 is 5.41. The third kappa shape index (κ3) is 4.24. The van der Waals surface area contributed by atoms with Gasteiger partial charge < -0.3 is 10.6 Å². The van der Waals surface area contributed by atoms with Crippen molar-refractivity contribution in [1.82, 2.24) is 19.9 Å². The summed E-state index contributed by atoms with van der Waals surface area (Å²) in [7, 11) is 0. The first-order chi connectivity index (χ1) is 13.6. The van der Waals surface area contributed by atoms with E-state index in [0.29, 0.717) is 11.7 Å². The third-order valence-corrected chi connectivity index (χ3v) is 6.16. The van der Waals surface area contributed by atoms with E-state index in [2.05, 4.69) is 58.0 Å². The average Bonchev–Trinajstić information content (AvgIpc) is 3.12. The van der Waals surface area contributed by atoms with Crippen LogP contribution in [-0.4, -0.2) is 47.0 Å². The van der Waals surface area contributed by atoms with Crippen molar-refractivity contribution < 1.29 is 4.79 Å². The van der Waals surface area contributed by atoms with Crippen LogP contribution >= 0.6 is 11.5 Å². The summed E-state index contributed by atoms with van der Waals surface area (Å²) >= 11 is 1.37. The Morgan fingerprint density at radius 3 is 3.04 bits per heavy atom. The Balaban J connectivity index is 1.38. The first-order valence-electron chi connectivity index (χ1n) is 9.78. The zero-order chi connectivity index (χ0) is 19.5. The van der Waals surface area contributed by atoms with Gasteiger partial charge >= 0.3 is 0 Å². The molecule has 4 rings (SSSR count). The van der Waals surface area contributed by atoms with Crippen LogP contribution in [0.25, 0.3) is 10.1 Å². The molecule has 0 saturated carbocycles. The van der Waals surface area contributed by atoms with Crippen LogP contribution < -0.4 is 10.6 Å². The Morgan fingerprint density at radius 2 is 2.18 bits per heavy atom. The molecule has 28 heavy (non-hydrogen) atoms. The molecule has 0 aliphatic carbocycles. The first-order valence-corrected chi connectivity index (χ1v) is 10.6. The van der Waals surface area contributed by atoms with Gasteiger partial charge in [-0.15, -0.1) is 0 Å². The highest BCUT2D eigenvalue weighted by molar-refractivity contribution is 7.13. The highest BCUT2D eigenvalue weighted by atomic mass is 32.1. The molecule has 1 aliphatic rings. The summed E-state index contributed by atoms with van der Waals surface area (Å²) in [6, 6.07) is 16.9. The molecule has 1 saturated heterocycles.